The van der Waals surface area contributed by atoms with Gasteiger partial charge in [0, 0.05) is 21.5 Å². The van der Waals surface area contributed by atoms with Crippen LogP contribution in [0.5, 0.6) is 0 Å². The SMILES string of the molecule is c1ccc2c(c1)oc1ccc(-c3c4ccccc4c(-c4ccc5c(c4)oc4ccc6ccoc6c45)c4ccccc34)cc12. The summed E-state index contributed by atoms with van der Waals surface area (Å²) in [7, 11) is 0. The number of hydrogen-bond acceptors (Lipinski definition) is 3. The molecule has 0 N–H and O–H groups in total. The van der Waals surface area contributed by atoms with Gasteiger partial charge in [0.2, 0.25) is 0 Å². The maximum Gasteiger partial charge on any atom is 0.145 e. The molecule has 7 aromatic carbocycles. The molecule has 0 radical (unpaired) electrons. The summed E-state index contributed by atoms with van der Waals surface area (Å²) >= 11 is 0. The molecule has 43 heavy (non-hydrogen) atoms. The third kappa shape index (κ3) is 3.14. The van der Waals surface area contributed by atoms with E-state index < -0.39 is 0 Å². The molecule has 0 atom stereocenters. The van der Waals surface area contributed by atoms with Crippen LogP contribution in [0.1, 0.15) is 0 Å². The molecule has 3 nitrogen and oxygen atoms in total. The molecule has 3 heterocycles. The van der Waals surface area contributed by atoms with Crippen LogP contribution in [0, 0.1) is 0 Å². The third-order valence-electron chi connectivity index (χ3n) is 8.94. The van der Waals surface area contributed by atoms with Gasteiger partial charge >= 0.3 is 0 Å². The van der Waals surface area contributed by atoms with Crippen molar-refractivity contribution in [2.24, 2.45) is 0 Å². The van der Waals surface area contributed by atoms with Crippen molar-refractivity contribution in [1.29, 1.82) is 0 Å². The predicted molar refractivity (Wildman–Crippen MR) is 177 cm³/mol. The molecular formula is C40H22O3. The molecule has 0 aliphatic rings. The normalized spacial score (nSPS) is 12.2. The number of benzene rings is 7. The minimum Gasteiger partial charge on any atom is -0.464 e. The fourth-order valence-corrected chi connectivity index (χ4v) is 7.07. The molecule has 10 rings (SSSR count). The molecule has 0 unspecified atom stereocenters. The van der Waals surface area contributed by atoms with Crippen molar-refractivity contribution < 1.29 is 13.3 Å². The van der Waals surface area contributed by atoms with Crippen LogP contribution in [0.15, 0.2) is 147 Å². The fraction of sp³-hybridized carbons (Fsp3) is 0. The fourth-order valence-electron chi connectivity index (χ4n) is 7.07. The molecule has 0 aliphatic heterocycles. The largest absolute Gasteiger partial charge is 0.464 e. The highest BCUT2D eigenvalue weighted by Gasteiger charge is 2.19. The molecular weight excluding hydrogens is 528 g/mol. The Balaban J connectivity index is 1.27. The quantitative estimate of drug-likeness (QED) is 0.201. The molecule has 0 saturated heterocycles. The number of hydrogen-bond donors (Lipinski definition) is 0. The first kappa shape index (κ1) is 22.8. The van der Waals surface area contributed by atoms with E-state index in [2.05, 4.69) is 97.1 Å². The van der Waals surface area contributed by atoms with E-state index in [0.717, 1.165) is 60.4 Å². The van der Waals surface area contributed by atoms with Crippen LogP contribution in [0.25, 0.3) is 98.6 Å². The van der Waals surface area contributed by atoms with Gasteiger partial charge in [-0.05, 0) is 92.3 Å². The van der Waals surface area contributed by atoms with Crippen LogP contribution < -0.4 is 0 Å². The van der Waals surface area contributed by atoms with E-state index in [1.165, 1.54) is 38.2 Å². The van der Waals surface area contributed by atoms with Crippen molar-refractivity contribution in [3.63, 3.8) is 0 Å². The lowest BCUT2D eigenvalue weighted by atomic mass is 9.85. The van der Waals surface area contributed by atoms with E-state index in [1.807, 2.05) is 30.3 Å². The zero-order chi connectivity index (χ0) is 28.1. The van der Waals surface area contributed by atoms with Crippen molar-refractivity contribution >= 4 is 76.4 Å². The van der Waals surface area contributed by atoms with Crippen molar-refractivity contribution in [1.82, 2.24) is 0 Å². The highest BCUT2D eigenvalue weighted by molar-refractivity contribution is 6.23. The van der Waals surface area contributed by atoms with E-state index >= 15 is 0 Å². The van der Waals surface area contributed by atoms with Gasteiger partial charge in [0.15, 0.2) is 0 Å². The second-order valence-electron chi connectivity index (χ2n) is 11.2. The van der Waals surface area contributed by atoms with Crippen molar-refractivity contribution in [2.45, 2.75) is 0 Å². The second kappa shape index (κ2) is 8.37. The first-order chi connectivity index (χ1) is 21.3. The van der Waals surface area contributed by atoms with Crippen LogP contribution >= 0.6 is 0 Å². The number of rotatable bonds is 2. The monoisotopic (exact) mass is 550 g/mol. The van der Waals surface area contributed by atoms with Gasteiger partial charge < -0.3 is 13.3 Å². The smallest absolute Gasteiger partial charge is 0.145 e. The molecule has 0 saturated carbocycles. The molecule has 0 spiro atoms. The van der Waals surface area contributed by atoms with Crippen LogP contribution in [0.4, 0.5) is 0 Å². The molecule has 10 aromatic rings. The van der Waals surface area contributed by atoms with Crippen molar-refractivity contribution in [3.05, 3.63) is 134 Å². The summed E-state index contributed by atoms with van der Waals surface area (Å²) < 4.78 is 18.4. The molecule has 200 valence electrons. The van der Waals surface area contributed by atoms with Crippen LogP contribution in [-0.4, -0.2) is 0 Å². The number of para-hydroxylation sites is 1. The van der Waals surface area contributed by atoms with Gasteiger partial charge in [0.05, 0.1) is 11.6 Å². The molecule has 3 aromatic heterocycles. The van der Waals surface area contributed by atoms with Gasteiger partial charge in [-0.3, -0.25) is 0 Å². The molecule has 0 amide bonds. The summed E-state index contributed by atoms with van der Waals surface area (Å²) in [6.07, 6.45) is 1.74. The van der Waals surface area contributed by atoms with Crippen LogP contribution in [0.3, 0.4) is 0 Å². The first-order valence-electron chi connectivity index (χ1n) is 14.5. The number of furan rings is 3. The Labute approximate surface area is 245 Å². The van der Waals surface area contributed by atoms with E-state index in [0.29, 0.717) is 0 Å². The maximum atomic E-state index is 6.41. The van der Waals surface area contributed by atoms with E-state index in [-0.39, 0.29) is 0 Å². The zero-order valence-corrected chi connectivity index (χ0v) is 22.9. The average Bonchev–Trinajstić information content (AvgIpc) is 3.77. The average molecular weight is 551 g/mol. The Morgan fingerprint density at radius 2 is 0.953 bits per heavy atom. The molecule has 3 heteroatoms. The Morgan fingerprint density at radius 1 is 0.372 bits per heavy atom. The predicted octanol–water partition coefficient (Wildman–Crippen LogP) is 11.9. The van der Waals surface area contributed by atoms with Gasteiger partial charge in [0.1, 0.15) is 27.9 Å². The van der Waals surface area contributed by atoms with Crippen LogP contribution in [0.2, 0.25) is 0 Å². The topological polar surface area (TPSA) is 39.4 Å². The maximum absolute atomic E-state index is 6.41. The minimum atomic E-state index is 0.835. The minimum absolute atomic E-state index is 0.835. The Kier molecular flexibility index (Phi) is 4.45. The summed E-state index contributed by atoms with van der Waals surface area (Å²) in [6, 6.07) is 45.0. The Morgan fingerprint density at radius 3 is 1.70 bits per heavy atom. The highest BCUT2D eigenvalue weighted by atomic mass is 16.3. The lowest BCUT2D eigenvalue weighted by molar-refractivity contribution is 0.618. The van der Waals surface area contributed by atoms with Gasteiger partial charge in [-0.15, -0.1) is 0 Å². The highest BCUT2D eigenvalue weighted by Crippen LogP contribution is 2.46. The lowest BCUT2D eigenvalue weighted by Crippen LogP contribution is -1.90. The third-order valence-corrected chi connectivity index (χ3v) is 8.94. The van der Waals surface area contributed by atoms with Crippen molar-refractivity contribution in [2.75, 3.05) is 0 Å². The lowest BCUT2D eigenvalue weighted by Gasteiger charge is -2.17. The Hall–Kier alpha value is -5.80. The van der Waals surface area contributed by atoms with Gasteiger partial charge in [0.25, 0.3) is 0 Å². The zero-order valence-electron chi connectivity index (χ0n) is 22.9. The molecule has 0 aliphatic carbocycles. The van der Waals surface area contributed by atoms with Crippen molar-refractivity contribution in [3.8, 4) is 22.3 Å². The summed E-state index contributed by atoms with van der Waals surface area (Å²) in [5.74, 6) is 0. The summed E-state index contributed by atoms with van der Waals surface area (Å²) in [4.78, 5) is 0. The van der Waals surface area contributed by atoms with Gasteiger partial charge in [-0.25, -0.2) is 0 Å². The number of fused-ring (bicyclic) bond motifs is 10. The summed E-state index contributed by atoms with van der Waals surface area (Å²) in [6.45, 7) is 0. The molecule has 0 bridgehead atoms. The molecule has 0 fully saturated rings. The summed E-state index contributed by atoms with van der Waals surface area (Å²) in [5.41, 5.74) is 9.10. The van der Waals surface area contributed by atoms with Gasteiger partial charge in [-0.1, -0.05) is 78.9 Å². The van der Waals surface area contributed by atoms with Crippen LogP contribution in [-0.2, 0) is 0 Å². The Bertz CT molecular complexity index is 2680. The second-order valence-corrected chi connectivity index (χ2v) is 11.2. The first-order valence-corrected chi connectivity index (χ1v) is 14.5. The standard InChI is InChI=1S/C40H22O3/c1-3-10-29-27(8-1)37(24-15-17-34-32(21-24)26-7-5-6-12-33(26)42-34)28-9-2-4-11-30(28)38(29)25-13-16-31-36(22-25)43-35-18-14-23-19-20-41-40(23)39(31)35/h1-22H. The van der Waals surface area contributed by atoms with E-state index in [4.69, 9.17) is 13.3 Å². The van der Waals surface area contributed by atoms with E-state index in [9.17, 15) is 0 Å². The van der Waals surface area contributed by atoms with E-state index in [1.54, 1.807) is 6.26 Å². The van der Waals surface area contributed by atoms with Gasteiger partial charge in [-0.2, -0.15) is 0 Å². The summed E-state index contributed by atoms with van der Waals surface area (Å²) in [5, 5.41) is 10.3.